The van der Waals surface area contributed by atoms with Crippen molar-refractivity contribution in [2.24, 2.45) is 5.92 Å². The van der Waals surface area contributed by atoms with Crippen molar-refractivity contribution >= 4 is 23.1 Å². The van der Waals surface area contributed by atoms with E-state index < -0.39 is 5.97 Å². The monoisotopic (exact) mass is 418 g/mol. The predicted octanol–water partition coefficient (Wildman–Crippen LogP) is 3.78. The number of carboxylic acids is 1. The molecule has 2 aromatic heterocycles. The minimum absolute atomic E-state index is 0.0489. The van der Waals surface area contributed by atoms with E-state index >= 15 is 0 Å². The summed E-state index contributed by atoms with van der Waals surface area (Å²) in [6.07, 6.45) is 4.20. The van der Waals surface area contributed by atoms with Gasteiger partial charge in [0.1, 0.15) is 11.5 Å². The largest absolute Gasteiger partial charge is 0.478 e. The zero-order valence-electron chi connectivity index (χ0n) is 17.9. The molecule has 2 aliphatic heterocycles. The van der Waals surface area contributed by atoms with E-state index in [0.29, 0.717) is 22.9 Å². The first-order valence-corrected chi connectivity index (χ1v) is 10.7. The summed E-state index contributed by atoms with van der Waals surface area (Å²) in [6, 6.07) is 9.11. The Morgan fingerprint density at radius 3 is 2.68 bits per heavy atom. The lowest BCUT2D eigenvalue weighted by Gasteiger charge is -2.28. The van der Waals surface area contributed by atoms with Crippen LogP contribution in [-0.4, -0.2) is 33.0 Å². The molecule has 2 bridgehead atoms. The summed E-state index contributed by atoms with van der Waals surface area (Å²) in [5.74, 6) is 0.526. The molecule has 4 heterocycles. The second kappa shape index (κ2) is 7.11. The van der Waals surface area contributed by atoms with Crippen LogP contribution in [0.2, 0.25) is 0 Å². The van der Waals surface area contributed by atoms with E-state index in [9.17, 15) is 14.7 Å². The number of benzene rings is 1. The molecular weight excluding hydrogens is 392 g/mol. The van der Waals surface area contributed by atoms with Gasteiger partial charge in [0.05, 0.1) is 17.2 Å². The Morgan fingerprint density at radius 1 is 1.26 bits per heavy atom. The number of fused-ring (bicyclic) bond motifs is 2. The van der Waals surface area contributed by atoms with Crippen LogP contribution >= 0.6 is 0 Å². The zero-order chi connectivity index (χ0) is 21.9. The van der Waals surface area contributed by atoms with Gasteiger partial charge in [-0.05, 0) is 63.3 Å². The van der Waals surface area contributed by atoms with Crippen LogP contribution in [0.5, 0.6) is 0 Å². The molecule has 2 N–H and O–H groups in total. The summed E-state index contributed by atoms with van der Waals surface area (Å²) >= 11 is 0. The first-order chi connectivity index (χ1) is 14.8. The number of nitrogens with one attached hydrogen (secondary N) is 1. The maximum Gasteiger partial charge on any atom is 0.337 e. The number of pyridine rings is 1. The fourth-order valence-electron chi connectivity index (χ4n) is 4.98. The summed E-state index contributed by atoms with van der Waals surface area (Å²) in [5.41, 5.74) is 3.81. The van der Waals surface area contributed by atoms with Crippen LogP contribution in [0.25, 0.3) is 5.65 Å². The maximum atomic E-state index is 13.3. The van der Waals surface area contributed by atoms with Gasteiger partial charge in [0.2, 0.25) is 0 Å². The summed E-state index contributed by atoms with van der Waals surface area (Å²) in [7, 11) is 0. The van der Waals surface area contributed by atoms with Gasteiger partial charge in [0.25, 0.3) is 5.56 Å². The summed E-state index contributed by atoms with van der Waals surface area (Å²) in [6.45, 7) is 6.74. The number of hydrogen-bond donors (Lipinski definition) is 2. The van der Waals surface area contributed by atoms with Crippen LogP contribution in [-0.2, 0) is 0 Å². The summed E-state index contributed by atoms with van der Waals surface area (Å²) in [4.78, 5) is 32.1. The Morgan fingerprint density at radius 2 is 2.00 bits per heavy atom. The highest BCUT2D eigenvalue weighted by molar-refractivity contribution is 5.94. The van der Waals surface area contributed by atoms with Gasteiger partial charge >= 0.3 is 5.97 Å². The fraction of sp³-hybridized carbons (Fsp3) is 0.375. The highest BCUT2D eigenvalue weighted by Crippen LogP contribution is 2.43. The number of aryl methyl sites for hydroxylation is 1. The number of nitrogens with zero attached hydrogens (tertiary/aromatic N) is 3. The third-order valence-electron chi connectivity index (χ3n) is 6.66. The minimum Gasteiger partial charge on any atom is -0.478 e. The maximum absolute atomic E-state index is 13.3. The Bertz CT molecular complexity index is 1260. The first kappa shape index (κ1) is 19.6. The minimum atomic E-state index is -0.982. The third kappa shape index (κ3) is 3.15. The van der Waals surface area contributed by atoms with Crippen molar-refractivity contribution in [2.75, 3.05) is 16.8 Å². The number of aromatic nitrogens is 2. The smallest absolute Gasteiger partial charge is 0.337 e. The average Bonchev–Trinajstić information content (AvgIpc) is 3.31. The molecule has 3 aliphatic rings. The topological polar surface area (TPSA) is 86.9 Å². The third-order valence-corrected chi connectivity index (χ3v) is 6.66. The lowest BCUT2D eigenvalue weighted by atomic mass is 9.86. The van der Waals surface area contributed by atoms with Crippen LogP contribution in [0.15, 0.2) is 41.3 Å². The van der Waals surface area contributed by atoms with Gasteiger partial charge in [-0.2, -0.15) is 0 Å². The van der Waals surface area contributed by atoms with E-state index in [-0.39, 0.29) is 17.2 Å². The highest BCUT2D eigenvalue weighted by Gasteiger charge is 2.44. The number of carboxylic acid groups (broad SMARTS) is 1. The Labute approximate surface area is 180 Å². The molecule has 160 valence electrons. The van der Waals surface area contributed by atoms with E-state index in [4.69, 9.17) is 4.98 Å². The number of anilines is 2. The zero-order valence-corrected chi connectivity index (χ0v) is 17.9. The number of carbonyl (C=O) groups is 1. The molecule has 2 saturated heterocycles. The predicted molar refractivity (Wildman–Crippen MR) is 120 cm³/mol. The molecule has 1 aromatic carbocycles. The van der Waals surface area contributed by atoms with Gasteiger partial charge in [0, 0.05) is 30.0 Å². The summed E-state index contributed by atoms with van der Waals surface area (Å²) < 4.78 is 1.63. The van der Waals surface area contributed by atoms with Crippen LogP contribution in [0.1, 0.15) is 52.9 Å². The van der Waals surface area contributed by atoms with E-state index in [1.807, 2.05) is 33.0 Å². The van der Waals surface area contributed by atoms with E-state index in [1.54, 1.807) is 28.7 Å². The average molecular weight is 418 g/mol. The number of hydrogen-bond acceptors (Lipinski definition) is 5. The second-order valence-corrected chi connectivity index (χ2v) is 8.89. The molecule has 0 amide bonds. The van der Waals surface area contributed by atoms with Gasteiger partial charge in [-0.15, -0.1) is 0 Å². The molecule has 31 heavy (non-hydrogen) atoms. The number of aromatic carboxylic acids is 1. The molecule has 3 aromatic rings. The molecule has 1 aliphatic carbocycles. The van der Waals surface area contributed by atoms with E-state index in [0.717, 1.165) is 29.4 Å². The van der Waals surface area contributed by atoms with Gasteiger partial charge in [-0.3, -0.25) is 9.20 Å². The van der Waals surface area contributed by atoms with Crippen molar-refractivity contribution in [3.63, 3.8) is 0 Å². The van der Waals surface area contributed by atoms with Gasteiger partial charge in [-0.25, -0.2) is 9.78 Å². The first-order valence-electron chi connectivity index (χ1n) is 10.7. The quantitative estimate of drug-likeness (QED) is 0.656. The Balaban J connectivity index is 1.62. The Hall–Kier alpha value is -3.35. The second-order valence-electron chi connectivity index (χ2n) is 8.89. The molecule has 1 atom stereocenters. The van der Waals surface area contributed by atoms with E-state index in [1.165, 1.54) is 12.8 Å². The molecule has 7 heteroatoms. The molecule has 3 fully saturated rings. The summed E-state index contributed by atoms with van der Waals surface area (Å²) in [5, 5.41) is 12.8. The molecule has 1 saturated carbocycles. The molecule has 0 unspecified atom stereocenters. The number of rotatable bonds is 5. The van der Waals surface area contributed by atoms with Crippen molar-refractivity contribution in [2.45, 2.75) is 45.7 Å². The number of para-hydroxylation sites is 1. The van der Waals surface area contributed by atoms with Gasteiger partial charge in [0.15, 0.2) is 0 Å². The van der Waals surface area contributed by atoms with Gasteiger partial charge < -0.3 is 15.3 Å². The molecule has 7 nitrogen and oxygen atoms in total. The van der Waals surface area contributed by atoms with Gasteiger partial charge in [-0.1, -0.05) is 12.1 Å². The van der Waals surface area contributed by atoms with Crippen molar-refractivity contribution < 1.29 is 9.90 Å². The van der Waals surface area contributed by atoms with Crippen molar-refractivity contribution in [3.8, 4) is 0 Å². The van der Waals surface area contributed by atoms with Crippen LogP contribution in [0, 0.1) is 19.8 Å². The fourth-order valence-corrected chi connectivity index (χ4v) is 4.98. The van der Waals surface area contributed by atoms with E-state index in [2.05, 4.69) is 10.2 Å². The standard InChI is InChI=1S/C24H26N4O3/c1-13-8-19(15(3)25-20-7-5-4-6-18(20)24(30)31)22-26-21(14(2)23(29)28(22)11-13)27-12-16-9-17(27)10-16/h4-8,11,15-17,25H,9-10,12H2,1-3H3,(H,30,31)/t15-,16?,17?/m1/s1. The molecule has 0 radical (unpaired) electrons. The van der Waals surface area contributed by atoms with Crippen molar-refractivity contribution in [1.29, 1.82) is 0 Å². The molecule has 6 rings (SSSR count). The lowest BCUT2D eigenvalue weighted by Crippen LogP contribution is -2.32. The molecule has 0 spiro atoms. The van der Waals surface area contributed by atoms with Crippen LogP contribution in [0.4, 0.5) is 11.5 Å². The Kier molecular flexibility index (Phi) is 4.50. The SMILES string of the molecule is Cc1cc([C@@H](C)Nc2ccccc2C(=O)O)c2nc(N3CC4CC3C4)c(C)c(=O)n2c1. The van der Waals surface area contributed by atoms with Crippen LogP contribution in [0.3, 0.4) is 0 Å². The lowest BCUT2D eigenvalue weighted by molar-refractivity contribution is 0.0698. The van der Waals surface area contributed by atoms with Crippen molar-refractivity contribution in [3.05, 3.63) is 69.1 Å². The highest BCUT2D eigenvalue weighted by atomic mass is 16.4. The molecular formula is C24H26N4O3. The van der Waals surface area contributed by atoms with Crippen molar-refractivity contribution in [1.82, 2.24) is 9.38 Å². The van der Waals surface area contributed by atoms with Crippen LogP contribution < -0.4 is 15.8 Å². The normalized spacial score (nSPS) is 20.5.